The van der Waals surface area contributed by atoms with Gasteiger partial charge in [-0.1, -0.05) is 25.5 Å². The van der Waals surface area contributed by atoms with Gasteiger partial charge in [0, 0.05) is 6.42 Å². The first-order valence-electron chi connectivity index (χ1n) is 8.10. The fourth-order valence-corrected chi connectivity index (χ4v) is 2.37. The number of thiocarbonyl (C=S) groups is 1. The molecule has 1 aromatic carbocycles. The van der Waals surface area contributed by atoms with Crippen LogP contribution in [0.5, 0.6) is 0 Å². The lowest BCUT2D eigenvalue weighted by Gasteiger charge is -2.13. The number of hydrogen-bond acceptors (Lipinski definition) is 4. The topological polar surface area (TPSA) is 83.4 Å². The smallest absolute Gasteiger partial charge is 0.253 e. The summed E-state index contributed by atoms with van der Waals surface area (Å²) in [5, 5.41) is 8.48. The Balaban J connectivity index is 1.96. The van der Waals surface area contributed by atoms with Crippen molar-refractivity contribution in [3.63, 3.8) is 0 Å². The van der Waals surface area contributed by atoms with Crippen LogP contribution in [-0.2, 0) is 11.3 Å². The summed E-state index contributed by atoms with van der Waals surface area (Å²) in [6.07, 6.45) is 3.72. The van der Waals surface area contributed by atoms with E-state index in [2.05, 4.69) is 16.0 Å². The molecule has 0 aliphatic rings. The van der Waals surface area contributed by atoms with E-state index < -0.39 is 0 Å². The zero-order valence-electron chi connectivity index (χ0n) is 14.0. The molecule has 3 N–H and O–H groups in total. The van der Waals surface area contributed by atoms with Gasteiger partial charge in [-0.3, -0.25) is 9.59 Å². The summed E-state index contributed by atoms with van der Waals surface area (Å²) in [7, 11) is 0. The molecule has 0 bridgehead atoms. The molecule has 0 radical (unpaired) electrons. The number of rotatable bonds is 7. The van der Waals surface area contributed by atoms with Gasteiger partial charge in [0.2, 0.25) is 5.91 Å². The van der Waals surface area contributed by atoms with Crippen LogP contribution < -0.4 is 16.0 Å². The van der Waals surface area contributed by atoms with Gasteiger partial charge < -0.3 is 20.4 Å². The molecule has 6 nitrogen and oxygen atoms in total. The Bertz CT molecular complexity index is 729. The number of anilines is 1. The molecule has 0 saturated carbocycles. The van der Waals surface area contributed by atoms with Gasteiger partial charge >= 0.3 is 0 Å². The molecular weight excluding hydrogens is 338 g/mol. The molecular formula is C18H21N3O3S. The van der Waals surface area contributed by atoms with E-state index in [-0.39, 0.29) is 16.9 Å². The second kappa shape index (κ2) is 9.58. The minimum atomic E-state index is -0.264. The van der Waals surface area contributed by atoms with Gasteiger partial charge in [0.1, 0.15) is 5.76 Å². The van der Waals surface area contributed by atoms with E-state index in [0.29, 0.717) is 30.0 Å². The molecule has 2 aromatic rings. The van der Waals surface area contributed by atoms with Crippen LogP contribution in [0, 0.1) is 0 Å². The van der Waals surface area contributed by atoms with Crippen molar-refractivity contribution in [2.45, 2.75) is 32.7 Å². The van der Waals surface area contributed by atoms with Gasteiger partial charge in [0.15, 0.2) is 5.11 Å². The van der Waals surface area contributed by atoms with Crippen molar-refractivity contribution >= 4 is 34.8 Å². The highest BCUT2D eigenvalue weighted by Gasteiger charge is 2.13. The van der Waals surface area contributed by atoms with Crippen LogP contribution in [0.1, 0.15) is 42.3 Å². The van der Waals surface area contributed by atoms with Crippen molar-refractivity contribution in [1.82, 2.24) is 10.6 Å². The first-order chi connectivity index (χ1) is 12.1. The molecule has 0 aliphatic carbocycles. The number of para-hydroxylation sites is 1. The highest BCUT2D eigenvalue weighted by atomic mass is 32.1. The monoisotopic (exact) mass is 359 g/mol. The maximum Gasteiger partial charge on any atom is 0.253 e. The van der Waals surface area contributed by atoms with Crippen molar-refractivity contribution in [3.05, 3.63) is 54.0 Å². The fourth-order valence-electron chi connectivity index (χ4n) is 2.15. The van der Waals surface area contributed by atoms with Crippen LogP contribution in [-0.4, -0.2) is 16.9 Å². The lowest BCUT2D eigenvalue weighted by atomic mass is 10.1. The maximum absolute atomic E-state index is 12.4. The Kier molecular flexibility index (Phi) is 7.16. The Labute approximate surface area is 152 Å². The van der Waals surface area contributed by atoms with Gasteiger partial charge in [-0.15, -0.1) is 0 Å². The zero-order chi connectivity index (χ0) is 18.1. The normalized spacial score (nSPS) is 10.1. The predicted molar refractivity (Wildman–Crippen MR) is 100 cm³/mol. The molecule has 7 heteroatoms. The Morgan fingerprint density at radius 1 is 1.16 bits per heavy atom. The number of carbonyl (C=O) groups excluding carboxylic acids is 2. The van der Waals surface area contributed by atoms with Crippen molar-refractivity contribution in [2.24, 2.45) is 0 Å². The molecule has 132 valence electrons. The third kappa shape index (κ3) is 6.04. The number of furan rings is 1. The Morgan fingerprint density at radius 3 is 2.68 bits per heavy atom. The van der Waals surface area contributed by atoms with E-state index in [1.165, 1.54) is 0 Å². The molecule has 1 aromatic heterocycles. The third-order valence-corrected chi connectivity index (χ3v) is 3.64. The molecule has 0 fully saturated rings. The number of benzene rings is 1. The van der Waals surface area contributed by atoms with Crippen molar-refractivity contribution in [2.75, 3.05) is 5.32 Å². The molecule has 0 atom stereocenters. The maximum atomic E-state index is 12.4. The molecule has 2 amide bonds. The Hall–Kier alpha value is -2.67. The molecule has 0 spiro atoms. The van der Waals surface area contributed by atoms with Crippen LogP contribution in [0.3, 0.4) is 0 Å². The van der Waals surface area contributed by atoms with E-state index in [0.717, 1.165) is 12.8 Å². The molecule has 25 heavy (non-hydrogen) atoms. The van der Waals surface area contributed by atoms with E-state index in [1.54, 1.807) is 42.7 Å². The standard InChI is InChI=1S/C18H21N3O3S/c1-2-3-10-16(22)21-18(25)20-15-9-5-4-8-14(15)17(23)19-12-13-7-6-11-24-13/h4-9,11H,2-3,10,12H2,1H3,(H,19,23)(H2,20,21,22,25). The van der Waals surface area contributed by atoms with Crippen molar-refractivity contribution in [3.8, 4) is 0 Å². The number of amides is 2. The van der Waals surface area contributed by atoms with E-state index in [1.807, 2.05) is 6.92 Å². The summed E-state index contributed by atoms with van der Waals surface area (Å²) >= 11 is 5.15. The number of carbonyl (C=O) groups is 2. The number of unbranched alkanes of at least 4 members (excludes halogenated alkanes) is 1. The summed E-state index contributed by atoms with van der Waals surface area (Å²) in [5.74, 6) is 0.260. The first-order valence-corrected chi connectivity index (χ1v) is 8.51. The van der Waals surface area contributed by atoms with Crippen molar-refractivity contribution < 1.29 is 14.0 Å². The summed E-state index contributed by atoms with van der Waals surface area (Å²) in [6.45, 7) is 2.31. The van der Waals surface area contributed by atoms with Crippen LogP contribution in [0.15, 0.2) is 47.1 Å². The fraction of sp³-hybridized carbons (Fsp3) is 0.278. The van der Waals surface area contributed by atoms with Crippen LogP contribution in [0.4, 0.5) is 5.69 Å². The van der Waals surface area contributed by atoms with Gasteiger partial charge in [0.25, 0.3) is 5.91 Å². The van der Waals surface area contributed by atoms with E-state index in [9.17, 15) is 9.59 Å². The summed E-state index contributed by atoms with van der Waals surface area (Å²) in [4.78, 5) is 24.1. The van der Waals surface area contributed by atoms with Gasteiger partial charge in [-0.25, -0.2) is 0 Å². The van der Waals surface area contributed by atoms with Gasteiger partial charge in [-0.2, -0.15) is 0 Å². The quantitative estimate of drug-likeness (QED) is 0.661. The van der Waals surface area contributed by atoms with Crippen LogP contribution in [0.2, 0.25) is 0 Å². The average molecular weight is 359 g/mol. The molecule has 0 saturated heterocycles. The second-order valence-electron chi connectivity index (χ2n) is 5.41. The zero-order valence-corrected chi connectivity index (χ0v) is 14.8. The molecule has 0 aliphatic heterocycles. The largest absolute Gasteiger partial charge is 0.467 e. The van der Waals surface area contributed by atoms with Gasteiger partial charge in [0.05, 0.1) is 24.1 Å². The average Bonchev–Trinajstić information content (AvgIpc) is 3.11. The van der Waals surface area contributed by atoms with Crippen LogP contribution >= 0.6 is 12.2 Å². The highest BCUT2D eigenvalue weighted by molar-refractivity contribution is 7.80. The third-order valence-electron chi connectivity index (χ3n) is 3.43. The minimum Gasteiger partial charge on any atom is -0.467 e. The summed E-state index contributed by atoms with van der Waals surface area (Å²) in [5.41, 5.74) is 0.958. The minimum absolute atomic E-state index is 0.140. The van der Waals surface area contributed by atoms with Crippen molar-refractivity contribution in [1.29, 1.82) is 0 Å². The van der Waals surface area contributed by atoms with Crippen LogP contribution in [0.25, 0.3) is 0 Å². The second-order valence-corrected chi connectivity index (χ2v) is 5.82. The highest BCUT2D eigenvalue weighted by Crippen LogP contribution is 2.15. The molecule has 2 rings (SSSR count). The summed E-state index contributed by atoms with van der Waals surface area (Å²) < 4.78 is 5.19. The van der Waals surface area contributed by atoms with E-state index >= 15 is 0 Å². The van der Waals surface area contributed by atoms with E-state index in [4.69, 9.17) is 16.6 Å². The number of nitrogens with one attached hydrogen (secondary N) is 3. The summed E-state index contributed by atoms with van der Waals surface area (Å²) in [6, 6.07) is 10.5. The molecule has 0 unspecified atom stereocenters. The SMILES string of the molecule is CCCCC(=O)NC(=S)Nc1ccccc1C(=O)NCc1ccco1. The lowest BCUT2D eigenvalue weighted by Crippen LogP contribution is -2.34. The molecule has 1 heterocycles. The number of hydrogen-bond donors (Lipinski definition) is 3. The first kappa shape index (κ1) is 18.7. The lowest BCUT2D eigenvalue weighted by molar-refractivity contribution is -0.119. The van der Waals surface area contributed by atoms with Gasteiger partial charge in [-0.05, 0) is 42.9 Å². The Morgan fingerprint density at radius 2 is 1.96 bits per heavy atom. The predicted octanol–water partition coefficient (Wildman–Crippen LogP) is 3.21.